The predicted octanol–water partition coefficient (Wildman–Crippen LogP) is 2.64. The number of hydrogen-bond donors (Lipinski definition) is 1. The lowest BCUT2D eigenvalue weighted by molar-refractivity contribution is 0.317. The molecule has 5 heteroatoms. The molecule has 0 saturated carbocycles. The second-order valence-electron chi connectivity index (χ2n) is 3.67. The van der Waals surface area contributed by atoms with E-state index in [1.54, 1.807) is 12.1 Å². The summed E-state index contributed by atoms with van der Waals surface area (Å²) < 4.78 is 11.0. The van der Waals surface area contributed by atoms with Gasteiger partial charge in [0, 0.05) is 12.4 Å². The third-order valence-corrected chi connectivity index (χ3v) is 2.20. The third kappa shape index (κ3) is 3.10. The van der Waals surface area contributed by atoms with Crippen LogP contribution in [0.1, 0.15) is 13.3 Å². The van der Waals surface area contributed by atoms with Gasteiger partial charge in [0.15, 0.2) is 5.82 Å². The van der Waals surface area contributed by atoms with Crippen molar-refractivity contribution in [1.29, 1.82) is 0 Å². The Kier molecular flexibility index (Phi) is 3.96. The van der Waals surface area contributed by atoms with E-state index < -0.39 is 0 Å². The zero-order chi connectivity index (χ0) is 12.8. The number of benzene rings is 1. The minimum Gasteiger partial charge on any atom is -0.494 e. The zero-order valence-corrected chi connectivity index (χ0v) is 10.2. The summed E-state index contributed by atoms with van der Waals surface area (Å²) in [6.07, 6.45) is 4.03. The fraction of sp³-hybridized carbons (Fsp3) is 0.231. The van der Waals surface area contributed by atoms with Crippen molar-refractivity contribution in [3.8, 4) is 17.4 Å². The molecule has 0 amide bonds. The number of nitrogens with zero attached hydrogens (tertiary/aromatic N) is 2. The Labute approximate surface area is 106 Å². The summed E-state index contributed by atoms with van der Waals surface area (Å²) in [6.45, 7) is 2.77. The SMILES string of the molecule is CCCOc1ccc(Oc2nccnc2N)cc1. The molecule has 0 spiro atoms. The van der Waals surface area contributed by atoms with Gasteiger partial charge in [0.25, 0.3) is 5.88 Å². The Morgan fingerprint density at radius 3 is 2.39 bits per heavy atom. The van der Waals surface area contributed by atoms with E-state index in [4.69, 9.17) is 15.2 Å². The number of nitrogens with two attached hydrogens (primary N) is 1. The maximum absolute atomic E-state index is 5.64. The van der Waals surface area contributed by atoms with Crippen molar-refractivity contribution in [2.45, 2.75) is 13.3 Å². The van der Waals surface area contributed by atoms with Gasteiger partial charge in [-0.05, 0) is 30.7 Å². The van der Waals surface area contributed by atoms with Crippen molar-refractivity contribution in [3.63, 3.8) is 0 Å². The van der Waals surface area contributed by atoms with Gasteiger partial charge in [-0.1, -0.05) is 6.92 Å². The molecule has 0 fully saturated rings. The van der Waals surface area contributed by atoms with Crippen LogP contribution in [0, 0.1) is 0 Å². The van der Waals surface area contributed by atoms with Crippen LogP contribution < -0.4 is 15.2 Å². The van der Waals surface area contributed by atoms with E-state index in [1.165, 1.54) is 12.4 Å². The van der Waals surface area contributed by atoms with Crippen LogP contribution in [0.5, 0.6) is 17.4 Å². The lowest BCUT2D eigenvalue weighted by Crippen LogP contribution is -1.97. The summed E-state index contributed by atoms with van der Waals surface area (Å²) in [6, 6.07) is 7.30. The van der Waals surface area contributed by atoms with E-state index in [-0.39, 0.29) is 5.82 Å². The molecule has 1 aromatic heterocycles. The van der Waals surface area contributed by atoms with Gasteiger partial charge in [-0.15, -0.1) is 0 Å². The standard InChI is InChI=1S/C13H15N3O2/c1-2-9-17-10-3-5-11(6-4-10)18-13-12(14)15-7-8-16-13/h3-8H,2,9H2,1H3,(H2,14,15). The third-order valence-electron chi connectivity index (χ3n) is 2.20. The molecule has 1 heterocycles. The van der Waals surface area contributed by atoms with Crippen LogP contribution in [0.15, 0.2) is 36.7 Å². The topological polar surface area (TPSA) is 70.3 Å². The molecule has 5 nitrogen and oxygen atoms in total. The number of aromatic nitrogens is 2. The smallest absolute Gasteiger partial charge is 0.262 e. The average Bonchev–Trinajstić information content (AvgIpc) is 2.41. The van der Waals surface area contributed by atoms with E-state index in [0.717, 1.165) is 12.2 Å². The molecule has 0 aliphatic carbocycles. The van der Waals surface area contributed by atoms with E-state index in [9.17, 15) is 0 Å². The fourth-order valence-corrected chi connectivity index (χ4v) is 1.35. The largest absolute Gasteiger partial charge is 0.494 e. The number of rotatable bonds is 5. The van der Waals surface area contributed by atoms with E-state index in [0.29, 0.717) is 18.2 Å². The van der Waals surface area contributed by atoms with Crippen LogP contribution in [0.2, 0.25) is 0 Å². The van der Waals surface area contributed by atoms with Gasteiger partial charge in [0.2, 0.25) is 0 Å². The lowest BCUT2D eigenvalue weighted by Gasteiger charge is -2.07. The molecule has 2 N–H and O–H groups in total. The summed E-state index contributed by atoms with van der Waals surface area (Å²) in [5.74, 6) is 2.03. The van der Waals surface area contributed by atoms with Gasteiger partial charge in [0.05, 0.1) is 6.61 Å². The van der Waals surface area contributed by atoms with Crippen molar-refractivity contribution >= 4 is 5.82 Å². The number of anilines is 1. The van der Waals surface area contributed by atoms with Crippen molar-refractivity contribution in [3.05, 3.63) is 36.7 Å². The predicted molar refractivity (Wildman–Crippen MR) is 68.7 cm³/mol. The summed E-state index contributed by atoms with van der Waals surface area (Å²) >= 11 is 0. The molecular formula is C13H15N3O2. The Morgan fingerprint density at radius 1 is 1.06 bits per heavy atom. The Morgan fingerprint density at radius 2 is 1.72 bits per heavy atom. The molecular weight excluding hydrogens is 230 g/mol. The maximum Gasteiger partial charge on any atom is 0.262 e. The maximum atomic E-state index is 5.64. The summed E-state index contributed by atoms with van der Waals surface area (Å²) in [5.41, 5.74) is 5.64. The minimum atomic E-state index is 0.267. The van der Waals surface area contributed by atoms with Gasteiger partial charge in [-0.3, -0.25) is 0 Å². The van der Waals surface area contributed by atoms with Gasteiger partial charge in [-0.2, -0.15) is 0 Å². The second kappa shape index (κ2) is 5.86. The normalized spacial score (nSPS) is 10.1. The quantitative estimate of drug-likeness (QED) is 0.876. The van der Waals surface area contributed by atoms with Crippen molar-refractivity contribution < 1.29 is 9.47 Å². The van der Waals surface area contributed by atoms with Gasteiger partial charge >= 0.3 is 0 Å². The van der Waals surface area contributed by atoms with Crippen LogP contribution in [-0.2, 0) is 0 Å². The number of ether oxygens (including phenoxy) is 2. The van der Waals surface area contributed by atoms with E-state index in [2.05, 4.69) is 16.9 Å². The summed E-state index contributed by atoms with van der Waals surface area (Å²) in [5, 5.41) is 0. The molecule has 0 bridgehead atoms. The highest BCUT2D eigenvalue weighted by atomic mass is 16.5. The summed E-state index contributed by atoms with van der Waals surface area (Å²) in [4.78, 5) is 7.90. The monoisotopic (exact) mass is 245 g/mol. The highest BCUT2D eigenvalue weighted by molar-refractivity contribution is 5.42. The number of hydrogen-bond acceptors (Lipinski definition) is 5. The summed E-state index contributed by atoms with van der Waals surface area (Å²) in [7, 11) is 0. The minimum absolute atomic E-state index is 0.267. The molecule has 1 aromatic carbocycles. The first-order valence-corrected chi connectivity index (χ1v) is 5.77. The van der Waals surface area contributed by atoms with Crippen LogP contribution in [0.3, 0.4) is 0 Å². The molecule has 0 unspecified atom stereocenters. The number of nitrogen functional groups attached to an aromatic ring is 1. The molecule has 94 valence electrons. The first kappa shape index (κ1) is 12.2. The van der Waals surface area contributed by atoms with Gasteiger partial charge < -0.3 is 15.2 Å². The molecule has 0 atom stereocenters. The van der Waals surface area contributed by atoms with Crippen molar-refractivity contribution in [2.75, 3.05) is 12.3 Å². The molecule has 2 aromatic rings. The van der Waals surface area contributed by atoms with E-state index in [1.807, 2.05) is 12.1 Å². The highest BCUT2D eigenvalue weighted by Gasteiger charge is 2.04. The Bertz CT molecular complexity index is 500. The zero-order valence-electron chi connectivity index (χ0n) is 10.2. The average molecular weight is 245 g/mol. The first-order valence-electron chi connectivity index (χ1n) is 5.77. The van der Waals surface area contributed by atoms with Crippen molar-refractivity contribution in [2.24, 2.45) is 0 Å². The molecule has 2 rings (SSSR count). The molecule has 0 aliphatic rings. The molecule has 18 heavy (non-hydrogen) atoms. The molecule has 0 saturated heterocycles. The van der Waals surface area contributed by atoms with Gasteiger partial charge in [-0.25, -0.2) is 9.97 Å². The van der Waals surface area contributed by atoms with Crippen LogP contribution in [0.4, 0.5) is 5.82 Å². The van der Waals surface area contributed by atoms with E-state index >= 15 is 0 Å². The second-order valence-corrected chi connectivity index (χ2v) is 3.67. The Balaban J connectivity index is 2.04. The fourth-order valence-electron chi connectivity index (χ4n) is 1.35. The highest BCUT2D eigenvalue weighted by Crippen LogP contribution is 2.24. The molecule has 0 aliphatic heterocycles. The molecule has 0 radical (unpaired) electrons. The van der Waals surface area contributed by atoms with Crippen LogP contribution in [0.25, 0.3) is 0 Å². The van der Waals surface area contributed by atoms with Crippen LogP contribution >= 0.6 is 0 Å². The van der Waals surface area contributed by atoms with Gasteiger partial charge in [0.1, 0.15) is 11.5 Å². The first-order chi connectivity index (χ1) is 8.79. The van der Waals surface area contributed by atoms with Crippen molar-refractivity contribution in [1.82, 2.24) is 9.97 Å². The van der Waals surface area contributed by atoms with Crippen LogP contribution in [-0.4, -0.2) is 16.6 Å². The Hall–Kier alpha value is -2.30. The lowest BCUT2D eigenvalue weighted by atomic mass is 10.3.